The van der Waals surface area contributed by atoms with Gasteiger partial charge in [0.15, 0.2) is 0 Å². The van der Waals surface area contributed by atoms with E-state index in [4.69, 9.17) is 5.73 Å². The molecule has 1 aliphatic heterocycles. The summed E-state index contributed by atoms with van der Waals surface area (Å²) in [6, 6.07) is 0. The molecule has 0 aliphatic carbocycles. The average Bonchev–Trinajstić information content (AvgIpc) is 2.36. The molecule has 7 nitrogen and oxygen atoms in total. The van der Waals surface area contributed by atoms with Crippen molar-refractivity contribution in [2.45, 2.75) is 40.5 Å². The molecule has 0 atom stereocenters. The molecular formula is C14H23N5O2. The van der Waals surface area contributed by atoms with Gasteiger partial charge >= 0.3 is 5.69 Å². The maximum absolute atomic E-state index is 11.3. The zero-order valence-corrected chi connectivity index (χ0v) is 13.1. The number of hydrogen-bond donors (Lipinski definition) is 1. The van der Waals surface area contributed by atoms with E-state index in [2.05, 4.69) is 30.7 Å². The normalized spacial score (nSPS) is 17.0. The Labute approximate surface area is 124 Å². The third kappa shape index (κ3) is 3.22. The fraction of sp³-hybridized carbons (Fsp3) is 0.714. The molecule has 1 aromatic heterocycles. The summed E-state index contributed by atoms with van der Waals surface area (Å²) in [5, 5.41) is 11.3. The molecule has 0 spiro atoms. The number of piperidine rings is 1. The molecule has 2 N–H and O–H groups in total. The topological polar surface area (TPSA) is 98.2 Å². The molecule has 1 aliphatic rings. The number of nitrogens with zero attached hydrogens (tertiary/aromatic N) is 4. The van der Waals surface area contributed by atoms with Crippen LogP contribution < -0.4 is 10.6 Å². The van der Waals surface area contributed by atoms with Gasteiger partial charge < -0.3 is 10.6 Å². The molecule has 0 unspecified atom stereocenters. The van der Waals surface area contributed by atoms with Crippen LogP contribution in [-0.4, -0.2) is 28.0 Å². The van der Waals surface area contributed by atoms with Gasteiger partial charge in [-0.15, -0.1) is 0 Å². The van der Waals surface area contributed by atoms with Crippen LogP contribution in [0.25, 0.3) is 0 Å². The molecule has 1 saturated heterocycles. The molecule has 0 amide bonds. The molecule has 0 bridgehead atoms. The van der Waals surface area contributed by atoms with E-state index >= 15 is 0 Å². The van der Waals surface area contributed by atoms with Crippen LogP contribution in [0.15, 0.2) is 0 Å². The van der Waals surface area contributed by atoms with Crippen molar-refractivity contribution in [1.29, 1.82) is 0 Å². The van der Waals surface area contributed by atoms with E-state index in [-0.39, 0.29) is 17.1 Å². The van der Waals surface area contributed by atoms with Gasteiger partial charge in [-0.2, -0.15) is 4.98 Å². The van der Waals surface area contributed by atoms with Crippen LogP contribution in [0.3, 0.4) is 0 Å². The van der Waals surface area contributed by atoms with E-state index in [1.165, 1.54) is 0 Å². The maximum Gasteiger partial charge on any atom is 0.332 e. The van der Waals surface area contributed by atoms with Gasteiger partial charge in [0.2, 0.25) is 11.8 Å². The van der Waals surface area contributed by atoms with Gasteiger partial charge in [-0.1, -0.05) is 20.8 Å². The molecule has 116 valence electrons. The second-order valence-corrected chi connectivity index (χ2v) is 6.72. The van der Waals surface area contributed by atoms with E-state index in [0.717, 1.165) is 25.9 Å². The molecule has 0 saturated carbocycles. The van der Waals surface area contributed by atoms with Gasteiger partial charge in [-0.25, -0.2) is 4.98 Å². The van der Waals surface area contributed by atoms with Crippen LogP contribution in [0.2, 0.25) is 0 Å². The van der Waals surface area contributed by atoms with E-state index < -0.39 is 4.92 Å². The van der Waals surface area contributed by atoms with Crippen LogP contribution in [0, 0.1) is 28.4 Å². The van der Waals surface area contributed by atoms with Gasteiger partial charge in [0.25, 0.3) is 0 Å². The molecule has 2 rings (SSSR count). The Balaban J connectivity index is 2.26. The van der Waals surface area contributed by atoms with Crippen LogP contribution in [0.5, 0.6) is 0 Å². The summed E-state index contributed by atoms with van der Waals surface area (Å²) in [6.45, 7) is 9.84. The zero-order valence-electron chi connectivity index (χ0n) is 13.1. The SMILES string of the molecule is Cc1nc(N)nc(N2CCC(C(C)(C)C)CC2)c1[N+](=O)[O-]. The Kier molecular flexibility index (Phi) is 4.02. The Hall–Kier alpha value is -1.92. The summed E-state index contributed by atoms with van der Waals surface area (Å²) < 4.78 is 0. The summed E-state index contributed by atoms with van der Waals surface area (Å²) in [6.07, 6.45) is 2.01. The standard InChI is InChI=1S/C14H23N5O2/c1-9-11(19(20)21)12(17-13(15)16-9)18-7-5-10(6-8-18)14(2,3)4/h10H,5-8H2,1-4H3,(H2,15,16,17). The first-order chi connectivity index (χ1) is 9.70. The lowest BCUT2D eigenvalue weighted by atomic mass is 9.75. The number of rotatable bonds is 2. The molecule has 0 aromatic carbocycles. The highest BCUT2D eigenvalue weighted by Crippen LogP contribution is 2.37. The monoisotopic (exact) mass is 293 g/mol. The highest BCUT2D eigenvalue weighted by atomic mass is 16.6. The second kappa shape index (κ2) is 5.46. The average molecular weight is 293 g/mol. The van der Waals surface area contributed by atoms with Crippen molar-refractivity contribution in [1.82, 2.24) is 9.97 Å². The first kappa shape index (κ1) is 15.5. The maximum atomic E-state index is 11.3. The number of aromatic nitrogens is 2. The van der Waals surface area contributed by atoms with Crippen molar-refractivity contribution in [2.24, 2.45) is 11.3 Å². The quantitative estimate of drug-likeness (QED) is 0.664. The molecule has 1 aromatic rings. The van der Waals surface area contributed by atoms with Crippen LogP contribution in [0.4, 0.5) is 17.5 Å². The second-order valence-electron chi connectivity index (χ2n) is 6.72. The Bertz CT molecular complexity index is 545. The number of aryl methyl sites for hydroxylation is 1. The summed E-state index contributed by atoms with van der Waals surface area (Å²) in [7, 11) is 0. The van der Waals surface area contributed by atoms with Gasteiger partial charge in [0.05, 0.1) is 4.92 Å². The van der Waals surface area contributed by atoms with Crippen molar-refractivity contribution in [3.8, 4) is 0 Å². The van der Waals surface area contributed by atoms with E-state index in [0.29, 0.717) is 17.4 Å². The smallest absolute Gasteiger partial charge is 0.332 e. The lowest BCUT2D eigenvalue weighted by Crippen LogP contribution is -2.39. The number of nitrogen functional groups attached to an aromatic ring is 1. The lowest BCUT2D eigenvalue weighted by Gasteiger charge is -2.39. The summed E-state index contributed by atoms with van der Waals surface area (Å²) in [5.41, 5.74) is 6.21. The minimum atomic E-state index is -0.417. The molecule has 21 heavy (non-hydrogen) atoms. The molecular weight excluding hydrogens is 270 g/mol. The Morgan fingerprint density at radius 1 is 1.29 bits per heavy atom. The Morgan fingerprint density at radius 3 is 2.33 bits per heavy atom. The summed E-state index contributed by atoms with van der Waals surface area (Å²) in [5.74, 6) is 1.07. The zero-order chi connectivity index (χ0) is 15.8. The predicted octanol–water partition coefficient (Wildman–Crippen LogP) is 2.54. The Morgan fingerprint density at radius 2 is 1.86 bits per heavy atom. The number of anilines is 2. The van der Waals surface area contributed by atoms with Gasteiger partial charge in [-0.3, -0.25) is 10.1 Å². The van der Waals surface area contributed by atoms with E-state index in [9.17, 15) is 10.1 Å². The van der Waals surface area contributed by atoms with Crippen molar-refractivity contribution in [3.05, 3.63) is 15.8 Å². The minimum Gasteiger partial charge on any atom is -0.368 e. The number of nitrogens with two attached hydrogens (primary N) is 1. The highest BCUT2D eigenvalue weighted by molar-refractivity contribution is 5.62. The van der Waals surface area contributed by atoms with Gasteiger partial charge in [0.1, 0.15) is 5.69 Å². The third-order valence-corrected chi connectivity index (χ3v) is 4.26. The first-order valence-corrected chi connectivity index (χ1v) is 7.23. The van der Waals surface area contributed by atoms with Crippen LogP contribution in [-0.2, 0) is 0 Å². The van der Waals surface area contributed by atoms with Crippen LogP contribution in [0.1, 0.15) is 39.3 Å². The fourth-order valence-electron chi connectivity index (χ4n) is 2.96. The number of nitro groups is 1. The van der Waals surface area contributed by atoms with Gasteiger partial charge in [0, 0.05) is 13.1 Å². The highest BCUT2D eigenvalue weighted by Gasteiger charge is 2.32. The third-order valence-electron chi connectivity index (χ3n) is 4.26. The predicted molar refractivity (Wildman–Crippen MR) is 82.2 cm³/mol. The largest absolute Gasteiger partial charge is 0.368 e. The summed E-state index contributed by atoms with van der Waals surface area (Å²) in [4.78, 5) is 20.8. The molecule has 1 fully saturated rings. The fourth-order valence-corrected chi connectivity index (χ4v) is 2.96. The van der Waals surface area contributed by atoms with Crippen LogP contribution >= 0.6 is 0 Å². The van der Waals surface area contributed by atoms with Gasteiger partial charge in [-0.05, 0) is 31.1 Å². The molecule has 0 radical (unpaired) electrons. The minimum absolute atomic E-state index is 0.0293. The lowest BCUT2D eigenvalue weighted by molar-refractivity contribution is -0.385. The molecule has 7 heteroatoms. The van der Waals surface area contributed by atoms with Crippen molar-refractivity contribution in [3.63, 3.8) is 0 Å². The van der Waals surface area contributed by atoms with Crippen molar-refractivity contribution < 1.29 is 4.92 Å². The van der Waals surface area contributed by atoms with Crippen molar-refractivity contribution >= 4 is 17.5 Å². The van der Waals surface area contributed by atoms with E-state index in [1.54, 1.807) is 6.92 Å². The van der Waals surface area contributed by atoms with E-state index in [1.807, 2.05) is 4.90 Å². The van der Waals surface area contributed by atoms with Crippen molar-refractivity contribution in [2.75, 3.05) is 23.7 Å². The molecule has 2 heterocycles. The summed E-state index contributed by atoms with van der Waals surface area (Å²) >= 11 is 0. The number of hydrogen-bond acceptors (Lipinski definition) is 6. The first-order valence-electron chi connectivity index (χ1n) is 7.23.